The van der Waals surface area contributed by atoms with Gasteiger partial charge in [-0.3, -0.25) is 9.13 Å². The molecule has 0 spiro atoms. The normalized spacial score (nSPS) is 13.1. The van der Waals surface area contributed by atoms with Gasteiger partial charge in [0, 0.05) is 18.4 Å². The molecule has 0 unspecified atom stereocenters. The van der Waals surface area contributed by atoms with Crippen LogP contribution in [0.5, 0.6) is 0 Å². The van der Waals surface area contributed by atoms with Gasteiger partial charge in [0.05, 0.1) is 0 Å². The minimum Gasteiger partial charge on any atom is -0.480 e. The molecule has 0 aliphatic heterocycles. The number of carboxylic acids is 1. The molecule has 1 atom stereocenters. The Balaban J connectivity index is 3.14. The zero-order valence-electron chi connectivity index (χ0n) is 8.47. The van der Waals surface area contributed by atoms with Crippen LogP contribution in [0.3, 0.4) is 0 Å². The van der Waals surface area contributed by atoms with E-state index in [2.05, 4.69) is 0 Å². The number of rotatable bonds is 3. The van der Waals surface area contributed by atoms with Crippen molar-refractivity contribution in [2.75, 3.05) is 0 Å². The second-order valence-electron chi connectivity index (χ2n) is 3.50. The van der Waals surface area contributed by atoms with Crippen molar-refractivity contribution in [1.82, 2.24) is 9.13 Å². The average molecular weight is 198 g/mol. The highest BCUT2D eigenvalue weighted by Crippen LogP contribution is 2.05. The van der Waals surface area contributed by atoms with Crippen LogP contribution in [0.1, 0.15) is 32.9 Å². The van der Waals surface area contributed by atoms with Crippen molar-refractivity contribution < 1.29 is 9.90 Å². The molecule has 0 saturated carbocycles. The quantitative estimate of drug-likeness (QED) is 0.784. The summed E-state index contributed by atoms with van der Waals surface area (Å²) in [7, 11) is 0. The topological polar surface area (TPSA) is 64.2 Å². The third-order valence-corrected chi connectivity index (χ3v) is 2.16. The van der Waals surface area contributed by atoms with Crippen molar-refractivity contribution in [3.63, 3.8) is 0 Å². The van der Waals surface area contributed by atoms with E-state index in [1.807, 2.05) is 13.8 Å². The molecule has 1 heterocycles. The third-order valence-electron chi connectivity index (χ3n) is 2.16. The molecule has 0 amide bonds. The number of hydrogen-bond donors (Lipinski definition) is 1. The van der Waals surface area contributed by atoms with Crippen LogP contribution in [0.25, 0.3) is 0 Å². The summed E-state index contributed by atoms with van der Waals surface area (Å²) in [6.45, 7) is 5.22. The van der Waals surface area contributed by atoms with E-state index in [-0.39, 0.29) is 11.7 Å². The summed E-state index contributed by atoms with van der Waals surface area (Å²) >= 11 is 0. The van der Waals surface area contributed by atoms with Gasteiger partial charge in [0.1, 0.15) is 6.04 Å². The predicted molar refractivity (Wildman–Crippen MR) is 51.4 cm³/mol. The van der Waals surface area contributed by atoms with Gasteiger partial charge in [0.2, 0.25) is 0 Å². The summed E-state index contributed by atoms with van der Waals surface area (Å²) < 4.78 is 2.71. The second kappa shape index (κ2) is 3.69. The lowest BCUT2D eigenvalue weighted by atomic mass is 10.3. The second-order valence-corrected chi connectivity index (χ2v) is 3.50. The zero-order valence-corrected chi connectivity index (χ0v) is 8.47. The van der Waals surface area contributed by atoms with Crippen molar-refractivity contribution in [3.05, 3.63) is 22.9 Å². The molecule has 1 aromatic heterocycles. The lowest BCUT2D eigenvalue weighted by Crippen LogP contribution is -2.30. The first-order valence-electron chi connectivity index (χ1n) is 4.47. The molecule has 1 rings (SSSR count). The highest BCUT2D eigenvalue weighted by molar-refractivity contribution is 5.71. The fourth-order valence-corrected chi connectivity index (χ4v) is 1.21. The molecule has 0 saturated heterocycles. The maximum atomic E-state index is 11.6. The van der Waals surface area contributed by atoms with Crippen LogP contribution < -0.4 is 5.69 Å². The molecule has 14 heavy (non-hydrogen) atoms. The Morgan fingerprint density at radius 1 is 1.29 bits per heavy atom. The maximum absolute atomic E-state index is 11.6. The number of carbonyl (C=O) groups is 1. The molecule has 5 heteroatoms. The van der Waals surface area contributed by atoms with Crippen LogP contribution in [0.2, 0.25) is 0 Å². The van der Waals surface area contributed by atoms with Crippen molar-refractivity contribution in [1.29, 1.82) is 0 Å². The number of nitrogens with zero attached hydrogens (tertiary/aromatic N) is 2. The van der Waals surface area contributed by atoms with Gasteiger partial charge >= 0.3 is 11.7 Å². The van der Waals surface area contributed by atoms with E-state index >= 15 is 0 Å². The summed E-state index contributed by atoms with van der Waals surface area (Å²) in [6.07, 6.45) is 3.10. The highest BCUT2D eigenvalue weighted by atomic mass is 16.4. The summed E-state index contributed by atoms with van der Waals surface area (Å²) in [5.41, 5.74) is -0.282. The van der Waals surface area contributed by atoms with Gasteiger partial charge in [0.25, 0.3) is 0 Å². The Labute approximate surface area is 81.6 Å². The van der Waals surface area contributed by atoms with Crippen LogP contribution in [-0.2, 0) is 4.79 Å². The monoisotopic (exact) mass is 198 g/mol. The van der Waals surface area contributed by atoms with E-state index in [0.717, 1.165) is 0 Å². The van der Waals surface area contributed by atoms with Gasteiger partial charge < -0.3 is 5.11 Å². The maximum Gasteiger partial charge on any atom is 0.329 e. The van der Waals surface area contributed by atoms with Crippen LogP contribution in [0, 0.1) is 0 Å². The fraction of sp³-hybridized carbons (Fsp3) is 0.556. The van der Waals surface area contributed by atoms with E-state index in [1.165, 1.54) is 22.3 Å². The minimum absolute atomic E-state index is 0.0461. The Morgan fingerprint density at radius 2 is 1.79 bits per heavy atom. The molecule has 0 fully saturated rings. The number of hydrogen-bond acceptors (Lipinski definition) is 2. The first-order chi connectivity index (χ1) is 6.45. The van der Waals surface area contributed by atoms with Gasteiger partial charge in [-0.15, -0.1) is 0 Å². The summed E-state index contributed by atoms with van der Waals surface area (Å²) in [5.74, 6) is -1.01. The molecule has 78 valence electrons. The van der Waals surface area contributed by atoms with Gasteiger partial charge in [0.15, 0.2) is 0 Å². The molecule has 0 aromatic carbocycles. The molecule has 0 radical (unpaired) electrons. The van der Waals surface area contributed by atoms with Gasteiger partial charge in [-0.1, -0.05) is 0 Å². The Kier molecular flexibility index (Phi) is 2.78. The first-order valence-corrected chi connectivity index (χ1v) is 4.47. The number of imidazole rings is 1. The lowest BCUT2D eigenvalue weighted by Gasteiger charge is -2.07. The summed E-state index contributed by atoms with van der Waals surface area (Å²) in [6, 6.07) is -0.771. The van der Waals surface area contributed by atoms with Gasteiger partial charge in [-0.25, -0.2) is 9.59 Å². The number of aliphatic carboxylic acids is 1. The molecular weight excluding hydrogens is 184 g/mol. The Morgan fingerprint density at radius 3 is 2.14 bits per heavy atom. The van der Waals surface area contributed by atoms with Crippen molar-refractivity contribution in [3.8, 4) is 0 Å². The van der Waals surface area contributed by atoms with Gasteiger partial charge in [-0.05, 0) is 20.8 Å². The molecule has 0 bridgehead atoms. The van der Waals surface area contributed by atoms with Gasteiger partial charge in [-0.2, -0.15) is 0 Å². The summed E-state index contributed by atoms with van der Waals surface area (Å²) in [4.78, 5) is 22.3. The minimum atomic E-state index is -1.01. The van der Waals surface area contributed by atoms with E-state index in [9.17, 15) is 9.59 Å². The van der Waals surface area contributed by atoms with Crippen molar-refractivity contribution >= 4 is 5.97 Å². The smallest absolute Gasteiger partial charge is 0.329 e. The van der Waals surface area contributed by atoms with E-state index in [4.69, 9.17) is 5.11 Å². The molecule has 0 aliphatic rings. The third kappa shape index (κ3) is 1.71. The standard InChI is InChI=1S/C9H14N2O3/c1-6(2)10-4-5-11(9(10)14)7(3)8(12)13/h4-7H,1-3H3,(H,12,13)/t7-/m0/s1. The SMILES string of the molecule is CC(C)n1ccn([C@@H](C)C(=O)O)c1=O. The average Bonchev–Trinajstić information content (AvgIpc) is 2.45. The first kappa shape index (κ1) is 10.6. The zero-order chi connectivity index (χ0) is 10.9. The molecule has 0 aliphatic carbocycles. The Hall–Kier alpha value is -1.52. The molecule has 5 nitrogen and oxygen atoms in total. The van der Waals surface area contributed by atoms with E-state index in [0.29, 0.717) is 0 Å². The molecular formula is C9H14N2O3. The van der Waals surface area contributed by atoms with Crippen LogP contribution in [0.4, 0.5) is 0 Å². The van der Waals surface area contributed by atoms with Crippen molar-refractivity contribution in [2.24, 2.45) is 0 Å². The van der Waals surface area contributed by atoms with Crippen LogP contribution in [-0.4, -0.2) is 20.2 Å². The van der Waals surface area contributed by atoms with E-state index < -0.39 is 12.0 Å². The molecule has 1 aromatic rings. The van der Waals surface area contributed by atoms with Crippen molar-refractivity contribution in [2.45, 2.75) is 32.9 Å². The van der Waals surface area contributed by atoms with Crippen LogP contribution in [0.15, 0.2) is 17.2 Å². The lowest BCUT2D eigenvalue weighted by molar-refractivity contribution is -0.140. The van der Waals surface area contributed by atoms with E-state index in [1.54, 1.807) is 6.20 Å². The highest BCUT2D eigenvalue weighted by Gasteiger charge is 2.16. The Bertz CT molecular complexity index is 389. The summed E-state index contributed by atoms with van der Waals surface area (Å²) in [5, 5.41) is 8.74. The number of aromatic nitrogens is 2. The largest absolute Gasteiger partial charge is 0.480 e. The van der Waals surface area contributed by atoms with Crippen LogP contribution >= 0.6 is 0 Å². The molecule has 1 N–H and O–H groups in total. The predicted octanol–water partition coefficient (Wildman–Crippen LogP) is 0.876. The fourth-order valence-electron chi connectivity index (χ4n) is 1.21. The number of carboxylic acid groups (broad SMARTS) is 1.